The van der Waals surface area contributed by atoms with Crippen molar-refractivity contribution in [2.24, 2.45) is 5.73 Å². The average molecular weight is 248 g/mol. The van der Waals surface area contributed by atoms with Crippen LogP contribution in [-0.2, 0) is 6.42 Å². The lowest BCUT2D eigenvalue weighted by Crippen LogP contribution is -2.20. The lowest BCUT2D eigenvalue weighted by molar-refractivity contribution is 0.448. The largest absolute Gasteiger partial charge is 0.464 e. The van der Waals surface area contributed by atoms with Crippen LogP contribution in [0, 0.1) is 5.82 Å². The van der Waals surface area contributed by atoms with Crippen molar-refractivity contribution < 1.29 is 8.81 Å². The summed E-state index contributed by atoms with van der Waals surface area (Å²) in [6, 6.07) is 10.00. The second-order valence-electron chi connectivity index (χ2n) is 4.10. The number of rotatable bonds is 5. The van der Waals surface area contributed by atoms with Crippen molar-refractivity contribution in [2.75, 3.05) is 11.9 Å². The standard InChI is InChI=1S/C14H17FN2O/c1-2-12-6-7-14(18-12)13(9-16)17-11-5-3-4-10(15)8-11/h3-8,13,17H,2,9,16H2,1H3. The van der Waals surface area contributed by atoms with Crippen LogP contribution in [0.2, 0.25) is 0 Å². The average Bonchev–Trinajstić information content (AvgIpc) is 2.84. The van der Waals surface area contributed by atoms with Crippen molar-refractivity contribution in [3.63, 3.8) is 0 Å². The van der Waals surface area contributed by atoms with Crippen molar-refractivity contribution in [3.8, 4) is 0 Å². The second-order valence-corrected chi connectivity index (χ2v) is 4.10. The summed E-state index contributed by atoms with van der Waals surface area (Å²) < 4.78 is 18.7. The zero-order chi connectivity index (χ0) is 13.0. The highest BCUT2D eigenvalue weighted by atomic mass is 19.1. The van der Waals surface area contributed by atoms with E-state index in [1.165, 1.54) is 12.1 Å². The molecule has 1 heterocycles. The summed E-state index contributed by atoms with van der Waals surface area (Å²) >= 11 is 0. The lowest BCUT2D eigenvalue weighted by atomic mass is 10.2. The van der Waals surface area contributed by atoms with Gasteiger partial charge in [-0.05, 0) is 30.3 Å². The van der Waals surface area contributed by atoms with Gasteiger partial charge in [0.25, 0.3) is 0 Å². The number of anilines is 1. The van der Waals surface area contributed by atoms with Crippen LogP contribution < -0.4 is 11.1 Å². The highest BCUT2D eigenvalue weighted by Crippen LogP contribution is 2.21. The molecule has 0 saturated carbocycles. The molecular weight excluding hydrogens is 231 g/mol. The molecule has 1 aromatic heterocycles. The highest BCUT2D eigenvalue weighted by molar-refractivity contribution is 5.45. The van der Waals surface area contributed by atoms with Crippen LogP contribution >= 0.6 is 0 Å². The van der Waals surface area contributed by atoms with E-state index in [1.54, 1.807) is 12.1 Å². The van der Waals surface area contributed by atoms with Crippen LogP contribution in [0.25, 0.3) is 0 Å². The SMILES string of the molecule is CCc1ccc(C(CN)Nc2cccc(F)c2)o1. The Morgan fingerprint density at radius 2 is 2.17 bits per heavy atom. The molecular formula is C14H17FN2O. The first-order chi connectivity index (χ1) is 8.72. The Kier molecular flexibility index (Phi) is 3.99. The quantitative estimate of drug-likeness (QED) is 0.854. The Hall–Kier alpha value is -1.81. The minimum absolute atomic E-state index is 0.146. The monoisotopic (exact) mass is 248 g/mol. The summed E-state index contributed by atoms with van der Waals surface area (Å²) in [5.41, 5.74) is 6.42. The van der Waals surface area contributed by atoms with E-state index in [1.807, 2.05) is 19.1 Å². The zero-order valence-corrected chi connectivity index (χ0v) is 10.3. The maximum absolute atomic E-state index is 13.1. The van der Waals surface area contributed by atoms with Crippen LogP contribution in [0.4, 0.5) is 10.1 Å². The fourth-order valence-corrected chi connectivity index (χ4v) is 1.80. The fraction of sp³-hybridized carbons (Fsp3) is 0.286. The summed E-state index contributed by atoms with van der Waals surface area (Å²) in [5, 5.41) is 3.16. The maximum Gasteiger partial charge on any atom is 0.127 e. The third-order valence-corrected chi connectivity index (χ3v) is 2.78. The predicted molar refractivity (Wildman–Crippen MR) is 69.9 cm³/mol. The van der Waals surface area contributed by atoms with Crippen LogP contribution in [0.5, 0.6) is 0 Å². The molecule has 18 heavy (non-hydrogen) atoms. The van der Waals surface area contributed by atoms with E-state index in [0.717, 1.165) is 17.9 Å². The summed E-state index contributed by atoms with van der Waals surface area (Å²) in [6.07, 6.45) is 0.845. The van der Waals surface area contributed by atoms with Gasteiger partial charge in [-0.3, -0.25) is 0 Å². The van der Waals surface area contributed by atoms with E-state index in [4.69, 9.17) is 10.2 Å². The van der Waals surface area contributed by atoms with Crippen LogP contribution in [0.3, 0.4) is 0 Å². The third-order valence-electron chi connectivity index (χ3n) is 2.78. The Labute approximate surface area is 106 Å². The van der Waals surface area contributed by atoms with Crippen molar-refractivity contribution >= 4 is 5.69 Å². The van der Waals surface area contributed by atoms with Crippen LogP contribution in [0.1, 0.15) is 24.5 Å². The molecule has 0 aliphatic heterocycles. The fourth-order valence-electron chi connectivity index (χ4n) is 1.80. The Bertz CT molecular complexity index is 510. The smallest absolute Gasteiger partial charge is 0.127 e. The number of halogens is 1. The van der Waals surface area contributed by atoms with E-state index >= 15 is 0 Å². The number of hydrogen-bond donors (Lipinski definition) is 2. The Balaban J connectivity index is 2.14. The molecule has 2 aromatic rings. The van der Waals surface area contributed by atoms with Crippen molar-refractivity contribution in [3.05, 3.63) is 53.7 Å². The molecule has 1 aromatic carbocycles. The molecule has 0 aliphatic carbocycles. The zero-order valence-electron chi connectivity index (χ0n) is 10.3. The summed E-state index contributed by atoms with van der Waals surface area (Å²) in [4.78, 5) is 0. The lowest BCUT2D eigenvalue weighted by Gasteiger charge is -2.15. The van der Waals surface area contributed by atoms with Crippen molar-refractivity contribution in [1.82, 2.24) is 0 Å². The van der Waals surface area contributed by atoms with Gasteiger partial charge in [-0.1, -0.05) is 13.0 Å². The van der Waals surface area contributed by atoms with Gasteiger partial charge in [0.1, 0.15) is 17.3 Å². The first-order valence-corrected chi connectivity index (χ1v) is 6.03. The molecule has 0 fully saturated rings. The van der Waals surface area contributed by atoms with Gasteiger partial charge in [0, 0.05) is 18.7 Å². The Morgan fingerprint density at radius 3 is 2.78 bits per heavy atom. The highest BCUT2D eigenvalue weighted by Gasteiger charge is 2.13. The molecule has 0 amide bonds. The molecule has 1 unspecified atom stereocenters. The van der Waals surface area contributed by atoms with Gasteiger partial charge in [-0.15, -0.1) is 0 Å². The molecule has 96 valence electrons. The molecule has 0 saturated heterocycles. The maximum atomic E-state index is 13.1. The van der Waals surface area contributed by atoms with Gasteiger partial charge in [0.15, 0.2) is 0 Å². The molecule has 3 nitrogen and oxygen atoms in total. The predicted octanol–water partition coefficient (Wildman–Crippen LogP) is 3.09. The van der Waals surface area contributed by atoms with Crippen LogP contribution in [-0.4, -0.2) is 6.54 Å². The minimum Gasteiger partial charge on any atom is -0.464 e. The number of aryl methyl sites for hydroxylation is 1. The first-order valence-electron chi connectivity index (χ1n) is 6.03. The second kappa shape index (κ2) is 5.69. The van der Waals surface area contributed by atoms with Crippen molar-refractivity contribution in [2.45, 2.75) is 19.4 Å². The number of nitrogens with two attached hydrogens (primary N) is 1. The van der Waals surface area contributed by atoms with Crippen LogP contribution in [0.15, 0.2) is 40.8 Å². The molecule has 2 rings (SSSR count). The van der Waals surface area contributed by atoms with Gasteiger partial charge in [0.2, 0.25) is 0 Å². The summed E-state index contributed by atoms with van der Waals surface area (Å²) in [6.45, 7) is 2.41. The first kappa shape index (κ1) is 12.6. The molecule has 4 heteroatoms. The van der Waals surface area contributed by atoms with E-state index in [0.29, 0.717) is 12.2 Å². The normalized spacial score (nSPS) is 12.4. The van der Waals surface area contributed by atoms with Gasteiger partial charge in [-0.2, -0.15) is 0 Å². The topological polar surface area (TPSA) is 51.2 Å². The van der Waals surface area contributed by atoms with Gasteiger partial charge in [-0.25, -0.2) is 4.39 Å². The molecule has 0 radical (unpaired) electrons. The van der Waals surface area contributed by atoms with E-state index in [9.17, 15) is 4.39 Å². The minimum atomic E-state index is -0.274. The van der Waals surface area contributed by atoms with Gasteiger partial charge >= 0.3 is 0 Å². The van der Waals surface area contributed by atoms with E-state index < -0.39 is 0 Å². The third kappa shape index (κ3) is 2.90. The molecule has 0 aliphatic rings. The molecule has 0 spiro atoms. The molecule has 0 bridgehead atoms. The number of furan rings is 1. The van der Waals surface area contributed by atoms with Crippen molar-refractivity contribution in [1.29, 1.82) is 0 Å². The number of hydrogen-bond acceptors (Lipinski definition) is 3. The van der Waals surface area contributed by atoms with E-state index in [2.05, 4.69) is 5.32 Å². The summed E-state index contributed by atoms with van der Waals surface area (Å²) in [7, 11) is 0. The van der Waals surface area contributed by atoms with E-state index in [-0.39, 0.29) is 11.9 Å². The number of benzene rings is 1. The Morgan fingerprint density at radius 1 is 1.33 bits per heavy atom. The molecule has 1 atom stereocenters. The molecule has 3 N–H and O–H groups in total. The number of nitrogens with one attached hydrogen (secondary N) is 1. The van der Waals surface area contributed by atoms with Gasteiger partial charge in [0.05, 0.1) is 6.04 Å². The summed E-state index contributed by atoms with van der Waals surface area (Å²) in [5.74, 6) is 1.42. The van der Waals surface area contributed by atoms with Gasteiger partial charge < -0.3 is 15.5 Å².